The third-order valence-electron chi connectivity index (χ3n) is 6.13. The van der Waals surface area contributed by atoms with E-state index < -0.39 is 0 Å². The number of nitrogens with zero attached hydrogens (tertiary/aromatic N) is 3. The van der Waals surface area contributed by atoms with Gasteiger partial charge in [-0.05, 0) is 53.8 Å². The monoisotopic (exact) mass is 377 g/mol. The zero-order chi connectivity index (χ0) is 19.1. The van der Waals surface area contributed by atoms with Gasteiger partial charge in [0.05, 0.1) is 19.0 Å². The van der Waals surface area contributed by atoms with Crippen LogP contribution in [-0.2, 0) is 19.5 Å². The van der Waals surface area contributed by atoms with E-state index in [4.69, 9.17) is 9.72 Å². The van der Waals surface area contributed by atoms with Crippen molar-refractivity contribution in [2.75, 3.05) is 20.2 Å². The highest BCUT2D eigenvalue weighted by molar-refractivity contribution is 5.60. The Bertz CT molecular complexity index is 982. The first-order valence-electron chi connectivity index (χ1n) is 9.85. The molecule has 144 valence electrons. The molecule has 0 unspecified atom stereocenters. The zero-order valence-electron chi connectivity index (χ0n) is 16.0. The summed E-state index contributed by atoms with van der Waals surface area (Å²) in [4.78, 5) is 7.18. The lowest BCUT2D eigenvalue weighted by atomic mass is 9.89. The van der Waals surface area contributed by atoms with Crippen LogP contribution in [0.3, 0.4) is 0 Å². The van der Waals surface area contributed by atoms with Crippen molar-refractivity contribution in [2.24, 2.45) is 11.8 Å². The van der Waals surface area contributed by atoms with Crippen molar-refractivity contribution >= 4 is 0 Å². The van der Waals surface area contributed by atoms with Gasteiger partial charge in [-0.15, -0.1) is 0 Å². The Kier molecular flexibility index (Phi) is 4.40. The summed E-state index contributed by atoms with van der Waals surface area (Å²) in [6, 6.07) is 15.2. The molecule has 0 bridgehead atoms. The SMILES string of the molecule is COc1ccc(-c2cnc3n2C[C@@H]2CN(Cc4cccc(F)c4)C[C@@H]2C3)cc1. The topological polar surface area (TPSA) is 30.3 Å². The lowest BCUT2D eigenvalue weighted by Gasteiger charge is -2.27. The second-order valence-electron chi connectivity index (χ2n) is 7.95. The van der Waals surface area contributed by atoms with E-state index in [1.54, 1.807) is 19.2 Å². The summed E-state index contributed by atoms with van der Waals surface area (Å²) < 4.78 is 21.1. The highest BCUT2D eigenvalue weighted by Crippen LogP contribution is 2.36. The minimum Gasteiger partial charge on any atom is -0.497 e. The number of rotatable bonds is 4. The average molecular weight is 377 g/mol. The predicted molar refractivity (Wildman–Crippen MR) is 107 cm³/mol. The number of halogens is 1. The Hall–Kier alpha value is -2.66. The van der Waals surface area contributed by atoms with Gasteiger partial charge in [0, 0.05) is 38.2 Å². The van der Waals surface area contributed by atoms with Gasteiger partial charge < -0.3 is 9.30 Å². The van der Waals surface area contributed by atoms with Crippen LogP contribution in [-0.4, -0.2) is 34.7 Å². The first-order valence-corrected chi connectivity index (χ1v) is 9.85. The number of likely N-dealkylation sites (tertiary alicyclic amines) is 1. The average Bonchev–Trinajstić information content (AvgIpc) is 3.28. The Morgan fingerprint density at radius 2 is 1.89 bits per heavy atom. The number of imidazole rings is 1. The molecule has 2 aliphatic rings. The second-order valence-corrected chi connectivity index (χ2v) is 7.95. The summed E-state index contributed by atoms with van der Waals surface area (Å²) in [6.45, 7) is 3.94. The van der Waals surface area contributed by atoms with Crippen molar-refractivity contribution in [3.05, 3.63) is 71.9 Å². The minimum absolute atomic E-state index is 0.154. The number of ether oxygens (including phenoxy) is 1. The molecule has 0 saturated carbocycles. The van der Waals surface area contributed by atoms with Gasteiger partial charge in [-0.2, -0.15) is 0 Å². The van der Waals surface area contributed by atoms with E-state index in [0.29, 0.717) is 11.8 Å². The number of hydrogen-bond donors (Lipinski definition) is 0. The Balaban J connectivity index is 1.33. The van der Waals surface area contributed by atoms with Crippen molar-refractivity contribution in [3.8, 4) is 17.0 Å². The van der Waals surface area contributed by atoms with Crippen LogP contribution in [0.5, 0.6) is 5.75 Å². The first kappa shape index (κ1) is 17.4. The minimum atomic E-state index is -0.154. The number of methoxy groups -OCH3 is 1. The van der Waals surface area contributed by atoms with Crippen molar-refractivity contribution in [1.29, 1.82) is 0 Å². The first-order chi connectivity index (χ1) is 13.7. The van der Waals surface area contributed by atoms with E-state index in [2.05, 4.69) is 21.6 Å². The molecule has 0 N–H and O–H groups in total. The zero-order valence-corrected chi connectivity index (χ0v) is 16.0. The van der Waals surface area contributed by atoms with Crippen LogP contribution >= 0.6 is 0 Å². The highest BCUT2D eigenvalue weighted by atomic mass is 19.1. The van der Waals surface area contributed by atoms with Crippen LogP contribution in [0.2, 0.25) is 0 Å². The lowest BCUT2D eigenvalue weighted by molar-refractivity contribution is 0.306. The van der Waals surface area contributed by atoms with Gasteiger partial charge in [0.15, 0.2) is 0 Å². The maximum atomic E-state index is 13.5. The molecule has 3 aromatic rings. The van der Waals surface area contributed by atoms with Crippen LogP contribution in [0.1, 0.15) is 11.4 Å². The Morgan fingerprint density at radius 3 is 2.68 bits per heavy atom. The van der Waals surface area contributed by atoms with E-state index >= 15 is 0 Å². The molecule has 0 aliphatic carbocycles. The summed E-state index contributed by atoms with van der Waals surface area (Å²) in [5.41, 5.74) is 3.41. The third kappa shape index (κ3) is 3.20. The number of fused-ring (bicyclic) bond motifs is 2. The molecule has 2 aromatic carbocycles. The largest absolute Gasteiger partial charge is 0.497 e. The van der Waals surface area contributed by atoms with E-state index in [9.17, 15) is 4.39 Å². The van der Waals surface area contributed by atoms with E-state index in [-0.39, 0.29) is 5.82 Å². The van der Waals surface area contributed by atoms with Crippen LogP contribution in [0.4, 0.5) is 4.39 Å². The Morgan fingerprint density at radius 1 is 1.07 bits per heavy atom. The third-order valence-corrected chi connectivity index (χ3v) is 6.13. The molecular formula is C23H24FN3O. The van der Waals surface area contributed by atoms with Gasteiger partial charge in [-0.1, -0.05) is 12.1 Å². The van der Waals surface area contributed by atoms with Crippen LogP contribution in [0.15, 0.2) is 54.7 Å². The molecule has 0 radical (unpaired) electrons. The summed E-state index contributed by atoms with van der Waals surface area (Å²) in [5.74, 6) is 3.14. The normalized spacial score (nSPS) is 21.4. The van der Waals surface area contributed by atoms with Gasteiger partial charge in [-0.3, -0.25) is 4.90 Å². The number of hydrogen-bond acceptors (Lipinski definition) is 3. The van der Waals surface area contributed by atoms with Crippen molar-refractivity contribution < 1.29 is 9.13 Å². The predicted octanol–water partition coefficient (Wildman–Crippen LogP) is 4.00. The van der Waals surface area contributed by atoms with Crippen molar-refractivity contribution in [2.45, 2.75) is 19.5 Å². The van der Waals surface area contributed by atoms with Crippen LogP contribution in [0.25, 0.3) is 11.3 Å². The molecule has 0 amide bonds. The quantitative estimate of drug-likeness (QED) is 0.688. The summed E-state index contributed by atoms with van der Waals surface area (Å²) in [5, 5.41) is 0. The van der Waals surface area contributed by atoms with Gasteiger partial charge in [0.1, 0.15) is 17.4 Å². The maximum Gasteiger partial charge on any atom is 0.123 e. The second kappa shape index (κ2) is 7.06. The molecule has 4 nitrogen and oxygen atoms in total. The lowest BCUT2D eigenvalue weighted by Crippen LogP contribution is -2.28. The molecule has 1 saturated heterocycles. The van der Waals surface area contributed by atoms with Gasteiger partial charge in [0.2, 0.25) is 0 Å². The number of aromatic nitrogens is 2. The Labute approximate surface area is 164 Å². The molecule has 2 atom stereocenters. The molecule has 1 fully saturated rings. The summed E-state index contributed by atoms with van der Waals surface area (Å²) >= 11 is 0. The fraction of sp³-hybridized carbons (Fsp3) is 0.348. The molecule has 3 heterocycles. The maximum absolute atomic E-state index is 13.5. The van der Waals surface area contributed by atoms with E-state index in [0.717, 1.165) is 43.9 Å². The smallest absolute Gasteiger partial charge is 0.123 e. The summed E-state index contributed by atoms with van der Waals surface area (Å²) in [7, 11) is 1.69. The van der Waals surface area contributed by atoms with Gasteiger partial charge in [-0.25, -0.2) is 9.37 Å². The molecule has 28 heavy (non-hydrogen) atoms. The standard InChI is InChI=1S/C23H24FN3O/c1-28-21-7-5-17(6-8-21)22-11-25-23-10-18-13-26(14-19(18)15-27(22)23)12-16-3-2-4-20(24)9-16/h2-9,11,18-19H,10,12-15H2,1H3/t18-,19-/m0/s1. The molecular weight excluding hydrogens is 353 g/mol. The van der Waals surface area contributed by atoms with E-state index in [1.807, 2.05) is 24.4 Å². The van der Waals surface area contributed by atoms with Crippen molar-refractivity contribution in [3.63, 3.8) is 0 Å². The van der Waals surface area contributed by atoms with Crippen LogP contribution < -0.4 is 4.74 Å². The molecule has 5 heteroatoms. The molecule has 0 spiro atoms. The molecule has 5 rings (SSSR count). The fourth-order valence-corrected chi connectivity index (χ4v) is 4.74. The van der Waals surface area contributed by atoms with Gasteiger partial charge >= 0.3 is 0 Å². The van der Waals surface area contributed by atoms with E-state index in [1.165, 1.54) is 23.1 Å². The number of benzene rings is 2. The van der Waals surface area contributed by atoms with Crippen molar-refractivity contribution in [1.82, 2.24) is 14.5 Å². The van der Waals surface area contributed by atoms with Gasteiger partial charge in [0.25, 0.3) is 0 Å². The molecule has 1 aromatic heterocycles. The fourth-order valence-electron chi connectivity index (χ4n) is 4.74. The summed E-state index contributed by atoms with van der Waals surface area (Å²) in [6.07, 6.45) is 3.02. The highest BCUT2D eigenvalue weighted by Gasteiger charge is 2.37. The van der Waals surface area contributed by atoms with Crippen LogP contribution in [0, 0.1) is 17.7 Å². The molecule has 2 aliphatic heterocycles.